The fourth-order valence-corrected chi connectivity index (χ4v) is 3.91. The first-order valence-corrected chi connectivity index (χ1v) is 10.3. The van der Waals surface area contributed by atoms with Gasteiger partial charge < -0.3 is 13.9 Å². The number of rotatable bonds is 3. The van der Waals surface area contributed by atoms with Crippen LogP contribution in [0.5, 0.6) is 0 Å². The third-order valence-corrected chi connectivity index (χ3v) is 6.55. The summed E-state index contributed by atoms with van der Waals surface area (Å²) in [6, 6.07) is 19.9. The molecule has 0 amide bonds. The predicted molar refractivity (Wildman–Crippen MR) is 123 cm³/mol. The van der Waals surface area contributed by atoms with E-state index in [0.29, 0.717) is 5.56 Å². The molecule has 30 heavy (non-hydrogen) atoms. The van der Waals surface area contributed by atoms with E-state index < -0.39 is 18.3 Å². The van der Waals surface area contributed by atoms with Gasteiger partial charge in [0.2, 0.25) is 0 Å². The molecule has 2 aromatic carbocycles. The van der Waals surface area contributed by atoms with Crippen LogP contribution in [-0.2, 0) is 16.4 Å². The van der Waals surface area contributed by atoms with Gasteiger partial charge in [0.1, 0.15) is 0 Å². The highest BCUT2D eigenvalue weighted by Gasteiger charge is 2.52. The van der Waals surface area contributed by atoms with Crippen molar-refractivity contribution in [3.8, 4) is 22.4 Å². The Morgan fingerprint density at radius 1 is 0.800 bits per heavy atom. The van der Waals surface area contributed by atoms with Gasteiger partial charge in [0.05, 0.1) is 16.9 Å². The van der Waals surface area contributed by atoms with Gasteiger partial charge >= 0.3 is 7.12 Å². The van der Waals surface area contributed by atoms with Gasteiger partial charge in [-0.3, -0.25) is 4.79 Å². The summed E-state index contributed by atoms with van der Waals surface area (Å²) < 4.78 is 14.2. The summed E-state index contributed by atoms with van der Waals surface area (Å²) in [4.78, 5) is 13.3. The van der Waals surface area contributed by atoms with E-state index in [1.165, 1.54) is 0 Å². The number of nitrogens with zero attached hydrogens (tertiary/aromatic N) is 1. The summed E-state index contributed by atoms with van der Waals surface area (Å²) in [5.74, 6) is 0. The third kappa shape index (κ3) is 3.32. The van der Waals surface area contributed by atoms with Crippen LogP contribution in [0.25, 0.3) is 22.4 Å². The number of aromatic nitrogens is 1. The molecule has 1 aromatic heterocycles. The lowest BCUT2D eigenvalue weighted by molar-refractivity contribution is 0.00578. The highest BCUT2D eigenvalue weighted by Crippen LogP contribution is 2.37. The van der Waals surface area contributed by atoms with Crippen molar-refractivity contribution in [2.24, 2.45) is 7.05 Å². The average molecular weight is 401 g/mol. The van der Waals surface area contributed by atoms with Gasteiger partial charge in [-0.15, -0.1) is 0 Å². The number of benzene rings is 2. The molecule has 3 aromatic rings. The summed E-state index contributed by atoms with van der Waals surface area (Å²) in [6.07, 6.45) is 0. The Hall–Kier alpha value is -2.63. The second-order valence-corrected chi connectivity index (χ2v) is 8.97. The molecule has 1 aliphatic rings. The number of hydrogen-bond donors (Lipinski definition) is 0. The van der Waals surface area contributed by atoms with Gasteiger partial charge in [-0.2, -0.15) is 0 Å². The van der Waals surface area contributed by atoms with Gasteiger partial charge in [-0.05, 0) is 68.9 Å². The van der Waals surface area contributed by atoms with Gasteiger partial charge in [-0.1, -0.05) is 48.5 Å². The first kappa shape index (κ1) is 20.6. The molecule has 4 rings (SSSR count). The molecule has 1 saturated heterocycles. The monoisotopic (exact) mass is 401 g/mol. The zero-order valence-electron chi connectivity index (χ0n) is 18.5. The number of pyridine rings is 1. The van der Waals surface area contributed by atoms with Crippen molar-refractivity contribution >= 4 is 12.6 Å². The van der Waals surface area contributed by atoms with E-state index in [-0.39, 0.29) is 5.56 Å². The third-order valence-electron chi connectivity index (χ3n) is 6.55. The summed E-state index contributed by atoms with van der Waals surface area (Å²) in [6.45, 7) is 10.2. The second-order valence-electron chi connectivity index (χ2n) is 8.97. The highest BCUT2D eigenvalue weighted by molar-refractivity contribution is 6.62. The molecule has 0 aliphatic carbocycles. The van der Waals surface area contributed by atoms with E-state index >= 15 is 0 Å². The predicted octanol–water partition coefficient (Wildman–Crippen LogP) is 4.33. The van der Waals surface area contributed by atoms with Crippen LogP contribution in [0.3, 0.4) is 0 Å². The SMILES string of the molecule is Cc1c(B2OC(C)(C)C(C)(C)O2)cccc1-c1ccc(-c2ccccc2)n(C)c1=O. The zero-order valence-corrected chi connectivity index (χ0v) is 18.5. The lowest BCUT2D eigenvalue weighted by Crippen LogP contribution is -2.41. The minimum absolute atomic E-state index is 0.0227. The van der Waals surface area contributed by atoms with E-state index in [9.17, 15) is 4.79 Å². The molecule has 0 unspecified atom stereocenters. The summed E-state index contributed by atoms with van der Waals surface area (Å²) >= 11 is 0. The van der Waals surface area contributed by atoms with Crippen LogP contribution in [0.4, 0.5) is 0 Å². The lowest BCUT2D eigenvalue weighted by atomic mass is 9.74. The molecule has 154 valence electrons. The van der Waals surface area contributed by atoms with Gasteiger partial charge in [0.15, 0.2) is 0 Å². The molecule has 5 heteroatoms. The van der Waals surface area contributed by atoms with E-state index in [2.05, 4.69) is 0 Å². The van der Waals surface area contributed by atoms with E-state index in [1.807, 2.05) is 102 Å². The molecule has 4 nitrogen and oxygen atoms in total. The van der Waals surface area contributed by atoms with Crippen molar-refractivity contribution in [3.05, 3.63) is 76.6 Å². The van der Waals surface area contributed by atoms with Gasteiger partial charge in [0.25, 0.3) is 5.56 Å². The van der Waals surface area contributed by atoms with Crippen molar-refractivity contribution in [1.29, 1.82) is 0 Å². The van der Waals surface area contributed by atoms with Crippen molar-refractivity contribution in [2.75, 3.05) is 0 Å². The van der Waals surface area contributed by atoms with E-state index in [1.54, 1.807) is 4.57 Å². The molecule has 0 spiro atoms. The maximum atomic E-state index is 13.3. The molecule has 0 bridgehead atoms. The zero-order chi connectivity index (χ0) is 21.7. The van der Waals surface area contributed by atoms with Crippen LogP contribution >= 0.6 is 0 Å². The Morgan fingerprint density at radius 3 is 2.07 bits per heavy atom. The Morgan fingerprint density at radius 2 is 1.43 bits per heavy atom. The molecular formula is C25H28BNO3. The first-order valence-electron chi connectivity index (χ1n) is 10.3. The molecule has 0 saturated carbocycles. The Kier molecular flexibility index (Phi) is 4.99. The molecule has 0 N–H and O–H groups in total. The average Bonchev–Trinajstić information content (AvgIpc) is 2.92. The van der Waals surface area contributed by atoms with Crippen molar-refractivity contribution in [1.82, 2.24) is 4.57 Å². The molecule has 0 atom stereocenters. The van der Waals surface area contributed by atoms with Crippen LogP contribution in [0.1, 0.15) is 33.3 Å². The molecule has 2 heterocycles. The van der Waals surface area contributed by atoms with Gasteiger partial charge in [-0.25, -0.2) is 0 Å². The summed E-state index contributed by atoms with van der Waals surface area (Å²) in [5, 5.41) is 0. The summed E-state index contributed by atoms with van der Waals surface area (Å²) in [5.41, 5.74) is 4.61. The Labute approximate surface area is 178 Å². The Bertz CT molecular complexity index is 1130. The van der Waals surface area contributed by atoms with Crippen molar-refractivity contribution in [2.45, 2.75) is 45.8 Å². The van der Waals surface area contributed by atoms with Crippen LogP contribution < -0.4 is 11.0 Å². The quantitative estimate of drug-likeness (QED) is 0.614. The second kappa shape index (κ2) is 7.26. The maximum absolute atomic E-state index is 13.3. The lowest BCUT2D eigenvalue weighted by Gasteiger charge is -2.32. The van der Waals surface area contributed by atoms with Crippen molar-refractivity contribution < 1.29 is 9.31 Å². The molecule has 0 radical (unpaired) electrons. The van der Waals surface area contributed by atoms with E-state index in [4.69, 9.17) is 9.31 Å². The molecular weight excluding hydrogens is 373 g/mol. The smallest absolute Gasteiger partial charge is 0.399 e. The topological polar surface area (TPSA) is 40.5 Å². The number of hydrogen-bond acceptors (Lipinski definition) is 3. The first-order chi connectivity index (χ1) is 14.1. The Balaban J connectivity index is 1.77. The minimum atomic E-state index is -0.456. The van der Waals surface area contributed by atoms with Gasteiger partial charge in [0, 0.05) is 12.6 Å². The maximum Gasteiger partial charge on any atom is 0.495 e. The standard InChI is InChI=1S/C25H28BNO3/c1-17-19(13-10-14-21(17)26-29-24(2,3)25(4,5)30-26)20-15-16-22(27(6)23(20)28)18-11-8-7-9-12-18/h7-16H,1-6H3. The van der Waals surface area contributed by atoms with Crippen LogP contribution in [0.2, 0.25) is 0 Å². The van der Waals surface area contributed by atoms with Crippen molar-refractivity contribution in [3.63, 3.8) is 0 Å². The highest BCUT2D eigenvalue weighted by atomic mass is 16.7. The fourth-order valence-electron chi connectivity index (χ4n) is 3.91. The normalized spacial score (nSPS) is 17.3. The van der Waals surface area contributed by atoms with Crippen LogP contribution in [0, 0.1) is 6.92 Å². The fraction of sp³-hybridized carbons (Fsp3) is 0.320. The summed E-state index contributed by atoms with van der Waals surface area (Å²) in [7, 11) is 1.36. The minimum Gasteiger partial charge on any atom is -0.399 e. The molecule has 1 aliphatic heterocycles. The van der Waals surface area contributed by atoms with E-state index in [0.717, 1.165) is 27.8 Å². The van der Waals surface area contributed by atoms with Crippen LogP contribution in [-0.4, -0.2) is 22.9 Å². The van der Waals surface area contributed by atoms with Crippen LogP contribution in [0.15, 0.2) is 65.5 Å². The largest absolute Gasteiger partial charge is 0.495 e. The molecule has 1 fully saturated rings.